The van der Waals surface area contributed by atoms with Gasteiger partial charge in [0, 0.05) is 68.8 Å². The lowest BCUT2D eigenvalue weighted by Crippen LogP contribution is -2.36. The summed E-state index contributed by atoms with van der Waals surface area (Å²) >= 11 is 0. The van der Waals surface area contributed by atoms with Crippen LogP contribution in [0.4, 0.5) is 11.5 Å². The number of hydrogen-bond donors (Lipinski definition) is 0. The van der Waals surface area contributed by atoms with Crippen molar-refractivity contribution >= 4 is 17.4 Å². The fraction of sp³-hybridized carbons (Fsp3) is 0.500. The van der Waals surface area contributed by atoms with Crippen LogP contribution in [0.1, 0.15) is 55.5 Å². The van der Waals surface area contributed by atoms with Gasteiger partial charge in [0.2, 0.25) is 5.91 Å². The van der Waals surface area contributed by atoms with Crippen molar-refractivity contribution in [2.24, 2.45) is 7.05 Å². The Balaban J connectivity index is 1.44. The standard InChI is InChI=1S/C26H32N6O2/c1-17-6-10-31(24-5-4-19(12-22(17)24)20-13-27-29(3)14-20)26-23-15-30(18(2)33)9-7-25(23)32(28-26)21-8-11-34-16-21/h4-5,12-14,17,21H,6-11,15-16H2,1-3H3/t17-,21-/m0/s1. The maximum Gasteiger partial charge on any atom is 0.219 e. The van der Waals surface area contributed by atoms with Gasteiger partial charge in [-0.1, -0.05) is 13.0 Å². The molecule has 0 N–H and O–H groups in total. The van der Waals surface area contributed by atoms with Gasteiger partial charge in [-0.2, -0.15) is 10.2 Å². The van der Waals surface area contributed by atoms with Gasteiger partial charge < -0.3 is 14.5 Å². The number of ether oxygens (including phenoxy) is 1. The zero-order chi connectivity index (χ0) is 23.4. The van der Waals surface area contributed by atoms with E-state index in [1.807, 2.05) is 22.8 Å². The van der Waals surface area contributed by atoms with Crippen LogP contribution in [0.15, 0.2) is 30.6 Å². The predicted molar refractivity (Wildman–Crippen MR) is 130 cm³/mol. The zero-order valence-electron chi connectivity index (χ0n) is 20.2. The topological polar surface area (TPSA) is 68.4 Å². The van der Waals surface area contributed by atoms with Crippen molar-refractivity contribution in [2.75, 3.05) is 31.2 Å². The van der Waals surface area contributed by atoms with Crippen LogP contribution in [0, 0.1) is 0 Å². The van der Waals surface area contributed by atoms with E-state index in [9.17, 15) is 4.79 Å². The van der Waals surface area contributed by atoms with Crippen LogP contribution in [0.3, 0.4) is 0 Å². The van der Waals surface area contributed by atoms with Gasteiger partial charge in [0.1, 0.15) is 0 Å². The summed E-state index contributed by atoms with van der Waals surface area (Å²) in [6, 6.07) is 7.03. The molecular weight excluding hydrogens is 428 g/mol. The fourth-order valence-corrected chi connectivity index (χ4v) is 5.69. The Labute approximate surface area is 200 Å². The number of carbonyl (C=O) groups is 1. The third-order valence-corrected chi connectivity index (χ3v) is 7.69. The molecule has 8 nitrogen and oxygen atoms in total. The van der Waals surface area contributed by atoms with E-state index < -0.39 is 0 Å². The predicted octanol–water partition coefficient (Wildman–Crippen LogP) is 3.79. The Kier molecular flexibility index (Phi) is 5.21. The molecule has 2 atom stereocenters. The molecule has 3 aliphatic rings. The van der Waals surface area contributed by atoms with Crippen molar-refractivity contribution in [3.8, 4) is 11.1 Å². The van der Waals surface area contributed by atoms with Gasteiger partial charge in [-0.05, 0) is 42.0 Å². The number of fused-ring (bicyclic) bond motifs is 2. The van der Waals surface area contributed by atoms with Crippen molar-refractivity contribution < 1.29 is 9.53 Å². The average Bonchev–Trinajstić information content (AvgIpc) is 3.59. The summed E-state index contributed by atoms with van der Waals surface area (Å²) in [7, 11) is 1.95. The van der Waals surface area contributed by atoms with Crippen LogP contribution in [-0.2, 0) is 29.5 Å². The van der Waals surface area contributed by atoms with Gasteiger partial charge in [-0.25, -0.2) is 0 Å². The SMILES string of the molecule is CC(=O)N1CCc2c(c(N3CC[C@H](C)c4cc(-c5cnn(C)c5)ccc43)nn2[C@H]2CCOC2)C1. The first-order valence-electron chi connectivity index (χ1n) is 12.3. The number of anilines is 2. The van der Waals surface area contributed by atoms with E-state index >= 15 is 0 Å². The molecule has 8 heteroatoms. The zero-order valence-corrected chi connectivity index (χ0v) is 20.2. The van der Waals surface area contributed by atoms with Gasteiger partial charge in [0.15, 0.2) is 5.82 Å². The Hall–Kier alpha value is -3.13. The molecule has 0 aliphatic carbocycles. The first kappa shape index (κ1) is 21.4. The highest BCUT2D eigenvalue weighted by Gasteiger charge is 2.34. The number of aryl methyl sites for hydroxylation is 1. The Morgan fingerprint density at radius 2 is 2.06 bits per heavy atom. The lowest BCUT2D eigenvalue weighted by atomic mass is 9.89. The molecule has 5 heterocycles. The Bertz CT molecular complexity index is 1240. The van der Waals surface area contributed by atoms with E-state index in [4.69, 9.17) is 9.84 Å². The molecule has 0 unspecified atom stereocenters. The minimum atomic E-state index is 0.127. The second-order valence-corrected chi connectivity index (χ2v) is 9.92. The van der Waals surface area contributed by atoms with Crippen LogP contribution in [0.5, 0.6) is 0 Å². The van der Waals surface area contributed by atoms with Crippen molar-refractivity contribution in [2.45, 2.75) is 51.6 Å². The minimum absolute atomic E-state index is 0.127. The molecule has 1 aromatic carbocycles. The third kappa shape index (κ3) is 3.52. The molecule has 0 saturated carbocycles. The Morgan fingerprint density at radius 3 is 2.79 bits per heavy atom. The van der Waals surface area contributed by atoms with E-state index in [1.165, 1.54) is 28.1 Å². The van der Waals surface area contributed by atoms with Crippen molar-refractivity contribution in [3.63, 3.8) is 0 Å². The van der Waals surface area contributed by atoms with E-state index in [0.29, 0.717) is 19.1 Å². The summed E-state index contributed by atoms with van der Waals surface area (Å²) < 4.78 is 9.76. The number of nitrogens with zero attached hydrogens (tertiary/aromatic N) is 6. The largest absolute Gasteiger partial charge is 0.379 e. The molecular formula is C26H32N6O2. The lowest BCUT2D eigenvalue weighted by Gasteiger charge is -2.35. The van der Waals surface area contributed by atoms with E-state index in [-0.39, 0.29) is 11.9 Å². The van der Waals surface area contributed by atoms with Gasteiger partial charge in [0.05, 0.1) is 25.4 Å². The number of hydrogen-bond acceptors (Lipinski definition) is 5. The molecule has 0 radical (unpaired) electrons. The van der Waals surface area contributed by atoms with Crippen molar-refractivity contribution in [3.05, 3.63) is 47.4 Å². The number of aromatic nitrogens is 4. The van der Waals surface area contributed by atoms with E-state index in [1.54, 1.807) is 6.92 Å². The van der Waals surface area contributed by atoms with Gasteiger partial charge in [0.25, 0.3) is 0 Å². The van der Waals surface area contributed by atoms with Crippen LogP contribution in [0.2, 0.25) is 0 Å². The second-order valence-electron chi connectivity index (χ2n) is 9.92. The average molecular weight is 461 g/mol. The molecule has 1 amide bonds. The maximum atomic E-state index is 12.2. The first-order valence-corrected chi connectivity index (χ1v) is 12.3. The van der Waals surface area contributed by atoms with Gasteiger partial charge in [-0.15, -0.1) is 0 Å². The number of carbonyl (C=O) groups excluding carboxylic acids is 1. The highest BCUT2D eigenvalue weighted by atomic mass is 16.5. The molecule has 3 aliphatic heterocycles. The van der Waals surface area contributed by atoms with Gasteiger partial charge in [-0.3, -0.25) is 14.2 Å². The lowest BCUT2D eigenvalue weighted by molar-refractivity contribution is -0.129. The minimum Gasteiger partial charge on any atom is -0.379 e. The van der Waals surface area contributed by atoms with E-state index in [0.717, 1.165) is 50.3 Å². The maximum absolute atomic E-state index is 12.2. The third-order valence-electron chi connectivity index (χ3n) is 7.69. The smallest absolute Gasteiger partial charge is 0.219 e. The molecule has 2 aromatic heterocycles. The van der Waals surface area contributed by atoms with Crippen LogP contribution in [0.25, 0.3) is 11.1 Å². The molecule has 178 valence electrons. The van der Waals surface area contributed by atoms with Crippen molar-refractivity contribution in [1.82, 2.24) is 24.5 Å². The van der Waals surface area contributed by atoms with Crippen LogP contribution >= 0.6 is 0 Å². The summed E-state index contributed by atoms with van der Waals surface area (Å²) in [6.45, 7) is 7.78. The van der Waals surface area contributed by atoms with Crippen LogP contribution in [-0.4, -0.2) is 56.7 Å². The van der Waals surface area contributed by atoms with E-state index in [2.05, 4.69) is 46.0 Å². The highest BCUT2D eigenvalue weighted by Crippen LogP contribution is 2.43. The van der Waals surface area contributed by atoms with Crippen molar-refractivity contribution in [1.29, 1.82) is 0 Å². The van der Waals surface area contributed by atoms with Crippen LogP contribution < -0.4 is 4.90 Å². The summed E-state index contributed by atoms with van der Waals surface area (Å²) in [5.41, 5.74) is 7.37. The summed E-state index contributed by atoms with van der Waals surface area (Å²) in [5, 5.41) is 9.56. The molecule has 6 rings (SSSR count). The molecule has 1 saturated heterocycles. The first-order chi connectivity index (χ1) is 16.5. The Morgan fingerprint density at radius 1 is 1.18 bits per heavy atom. The summed E-state index contributed by atoms with van der Waals surface area (Å²) in [4.78, 5) is 16.6. The molecule has 3 aromatic rings. The molecule has 0 bridgehead atoms. The monoisotopic (exact) mass is 460 g/mol. The number of benzene rings is 1. The highest BCUT2D eigenvalue weighted by molar-refractivity contribution is 5.76. The molecule has 1 fully saturated rings. The fourth-order valence-electron chi connectivity index (χ4n) is 5.69. The molecule has 0 spiro atoms. The number of amides is 1. The quantitative estimate of drug-likeness (QED) is 0.595. The number of rotatable bonds is 3. The molecule has 34 heavy (non-hydrogen) atoms. The normalized spacial score (nSPS) is 22.1. The summed E-state index contributed by atoms with van der Waals surface area (Å²) in [6.07, 6.45) is 6.88. The van der Waals surface area contributed by atoms with Gasteiger partial charge >= 0.3 is 0 Å². The second kappa shape index (κ2) is 8.27. The summed E-state index contributed by atoms with van der Waals surface area (Å²) in [5.74, 6) is 1.61.